The van der Waals surface area contributed by atoms with Gasteiger partial charge in [0.15, 0.2) is 0 Å². The first-order valence-corrected chi connectivity index (χ1v) is 8.64. The minimum absolute atomic E-state index is 0.277. The van der Waals surface area contributed by atoms with E-state index in [9.17, 15) is 18.8 Å². The topological polar surface area (TPSA) is 66.9 Å². The van der Waals surface area contributed by atoms with Crippen molar-refractivity contribution in [2.75, 3.05) is 26.3 Å². The quantitative estimate of drug-likeness (QED) is 0.778. The standard InChI is InChI=1S/C20H17FN2O4/c21-14-7-5-13(6-8-14)17-12-27-10-9-22(17)18(24)11-23-19(25)15-3-1-2-4-16(15)20(23)26/h1-8,17H,9-12H2. The van der Waals surface area contributed by atoms with E-state index in [0.29, 0.717) is 24.3 Å². The van der Waals surface area contributed by atoms with Gasteiger partial charge in [0, 0.05) is 6.54 Å². The lowest BCUT2D eigenvalue weighted by Gasteiger charge is -2.36. The summed E-state index contributed by atoms with van der Waals surface area (Å²) in [5.74, 6) is -1.63. The normalized spacial score (nSPS) is 19.4. The summed E-state index contributed by atoms with van der Waals surface area (Å²) < 4.78 is 18.7. The highest BCUT2D eigenvalue weighted by molar-refractivity contribution is 6.22. The van der Waals surface area contributed by atoms with E-state index in [4.69, 9.17) is 4.74 Å². The zero-order valence-electron chi connectivity index (χ0n) is 14.4. The summed E-state index contributed by atoms with van der Waals surface area (Å²) in [4.78, 5) is 40.4. The molecule has 0 radical (unpaired) electrons. The maximum atomic E-state index is 13.2. The number of halogens is 1. The summed E-state index contributed by atoms with van der Waals surface area (Å²) in [6.07, 6.45) is 0. The highest BCUT2D eigenvalue weighted by Crippen LogP contribution is 2.26. The van der Waals surface area contributed by atoms with Crippen LogP contribution in [-0.4, -0.2) is 53.8 Å². The molecule has 7 heteroatoms. The third-order valence-corrected chi connectivity index (χ3v) is 4.88. The van der Waals surface area contributed by atoms with E-state index in [-0.39, 0.29) is 30.9 Å². The predicted molar refractivity (Wildman–Crippen MR) is 93.5 cm³/mol. The van der Waals surface area contributed by atoms with Gasteiger partial charge in [0.05, 0.1) is 30.4 Å². The minimum atomic E-state index is -0.462. The molecule has 1 saturated heterocycles. The van der Waals surface area contributed by atoms with Crippen molar-refractivity contribution in [1.82, 2.24) is 9.80 Å². The van der Waals surface area contributed by atoms with Crippen LogP contribution in [0.1, 0.15) is 32.3 Å². The number of imide groups is 1. The molecule has 138 valence electrons. The molecule has 0 spiro atoms. The lowest BCUT2D eigenvalue weighted by Crippen LogP contribution is -2.48. The third kappa shape index (κ3) is 3.10. The highest BCUT2D eigenvalue weighted by Gasteiger charge is 2.38. The van der Waals surface area contributed by atoms with E-state index in [1.807, 2.05) is 0 Å². The van der Waals surface area contributed by atoms with Crippen molar-refractivity contribution >= 4 is 17.7 Å². The average Bonchev–Trinajstić information content (AvgIpc) is 2.94. The molecule has 0 aromatic heterocycles. The van der Waals surface area contributed by atoms with E-state index in [1.54, 1.807) is 41.3 Å². The number of fused-ring (bicyclic) bond motifs is 1. The lowest BCUT2D eigenvalue weighted by molar-refractivity contribution is -0.140. The van der Waals surface area contributed by atoms with Gasteiger partial charge in [-0.25, -0.2) is 4.39 Å². The molecular formula is C20H17FN2O4. The fourth-order valence-electron chi connectivity index (χ4n) is 3.47. The summed E-state index contributed by atoms with van der Waals surface area (Å²) >= 11 is 0. The van der Waals surface area contributed by atoms with Crippen LogP contribution < -0.4 is 0 Å². The van der Waals surface area contributed by atoms with Crippen molar-refractivity contribution < 1.29 is 23.5 Å². The number of hydrogen-bond donors (Lipinski definition) is 0. The average molecular weight is 368 g/mol. The number of benzene rings is 2. The second-order valence-corrected chi connectivity index (χ2v) is 6.47. The van der Waals surface area contributed by atoms with Gasteiger partial charge in [-0.15, -0.1) is 0 Å². The Bertz CT molecular complexity index is 877. The Morgan fingerprint density at radius 3 is 2.30 bits per heavy atom. The SMILES string of the molecule is O=C1c2ccccc2C(=O)N1CC(=O)N1CCOCC1c1ccc(F)cc1. The van der Waals surface area contributed by atoms with Crippen LogP contribution in [0.5, 0.6) is 0 Å². The molecule has 3 amide bonds. The molecule has 2 heterocycles. The van der Waals surface area contributed by atoms with Crippen LogP contribution in [0.25, 0.3) is 0 Å². The number of amides is 3. The van der Waals surface area contributed by atoms with E-state index in [2.05, 4.69) is 0 Å². The van der Waals surface area contributed by atoms with Gasteiger partial charge in [0.25, 0.3) is 11.8 Å². The van der Waals surface area contributed by atoms with Crippen LogP contribution in [0.3, 0.4) is 0 Å². The lowest BCUT2D eigenvalue weighted by atomic mass is 10.0. The van der Waals surface area contributed by atoms with Crippen molar-refractivity contribution in [2.24, 2.45) is 0 Å². The third-order valence-electron chi connectivity index (χ3n) is 4.88. The maximum Gasteiger partial charge on any atom is 0.262 e. The number of ether oxygens (including phenoxy) is 1. The molecule has 2 aromatic rings. The van der Waals surface area contributed by atoms with Crippen molar-refractivity contribution in [3.8, 4) is 0 Å². The molecule has 1 fully saturated rings. The Kier molecular flexibility index (Phi) is 4.45. The molecule has 2 aromatic carbocycles. The Balaban J connectivity index is 1.54. The van der Waals surface area contributed by atoms with Gasteiger partial charge in [-0.2, -0.15) is 0 Å². The number of carbonyl (C=O) groups is 3. The Labute approximate surface area is 155 Å². The Morgan fingerprint density at radius 1 is 1.04 bits per heavy atom. The van der Waals surface area contributed by atoms with Gasteiger partial charge in [-0.3, -0.25) is 19.3 Å². The van der Waals surface area contributed by atoms with Crippen LogP contribution in [0.2, 0.25) is 0 Å². The van der Waals surface area contributed by atoms with Gasteiger partial charge in [0.1, 0.15) is 12.4 Å². The molecule has 6 nitrogen and oxygen atoms in total. The molecule has 1 atom stereocenters. The first-order valence-electron chi connectivity index (χ1n) is 8.64. The highest BCUT2D eigenvalue weighted by atomic mass is 19.1. The summed E-state index contributed by atoms with van der Waals surface area (Å²) in [7, 11) is 0. The molecule has 0 saturated carbocycles. The zero-order chi connectivity index (χ0) is 19.0. The number of morpholine rings is 1. The fourth-order valence-corrected chi connectivity index (χ4v) is 3.47. The largest absolute Gasteiger partial charge is 0.377 e. The van der Waals surface area contributed by atoms with E-state index in [0.717, 1.165) is 10.5 Å². The first-order chi connectivity index (χ1) is 13.1. The number of nitrogens with zero attached hydrogens (tertiary/aromatic N) is 2. The molecule has 2 aliphatic heterocycles. The van der Waals surface area contributed by atoms with Crippen LogP contribution in [0.4, 0.5) is 4.39 Å². The molecule has 4 rings (SSSR count). The van der Waals surface area contributed by atoms with Gasteiger partial charge < -0.3 is 9.64 Å². The molecule has 0 aliphatic carbocycles. The number of carbonyl (C=O) groups excluding carboxylic acids is 3. The van der Waals surface area contributed by atoms with Crippen LogP contribution >= 0.6 is 0 Å². The summed E-state index contributed by atoms with van der Waals surface area (Å²) in [6.45, 7) is 0.652. The van der Waals surface area contributed by atoms with Gasteiger partial charge >= 0.3 is 0 Å². The fraction of sp³-hybridized carbons (Fsp3) is 0.250. The first kappa shape index (κ1) is 17.4. The second kappa shape index (κ2) is 6.92. The van der Waals surface area contributed by atoms with E-state index >= 15 is 0 Å². The molecule has 2 aliphatic rings. The number of hydrogen-bond acceptors (Lipinski definition) is 4. The predicted octanol–water partition coefficient (Wildman–Crippen LogP) is 2.02. The Morgan fingerprint density at radius 2 is 1.67 bits per heavy atom. The summed E-state index contributed by atoms with van der Waals surface area (Å²) in [6, 6.07) is 12.0. The summed E-state index contributed by atoms with van der Waals surface area (Å²) in [5, 5.41) is 0. The zero-order valence-corrected chi connectivity index (χ0v) is 14.4. The number of rotatable bonds is 3. The molecule has 0 N–H and O–H groups in total. The monoisotopic (exact) mass is 368 g/mol. The Hall–Kier alpha value is -3.06. The molecular weight excluding hydrogens is 351 g/mol. The van der Waals surface area contributed by atoms with E-state index in [1.165, 1.54) is 12.1 Å². The van der Waals surface area contributed by atoms with Crippen molar-refractivity contribution in [3.63, 3.8) is 0 Å². The van der Waals surface area contributed by atoms with Crippen LogP contribution in [-0.2, 0) is 9.53 Å². The molecule has 1 unspecified atom stereocenters. The van der Waals surface area contributed by atoms with Crippen LogP contribution in [0.15, 0.2) is 48.5 Å². The van der Waals surface area contributed by atoms with Gasteiger partial charge in [-0.1, -0.05) is 24.3 Å². The minimum Gasteiger partial charge on any atom is -0.377 e. The van der Waals surface area contributed by atoms with Crippen molar-refractivity contribution in [1.29, 1.82) is 0 Å². The second-order valence-electron chi connectivity index (χ2n) is 6.47. The van der Waals surface area contributed by atoms with Gasteiger partial charge in [-0.05, 0) is 29.8 Å². The maximum absolute atomic E-state index is 13.2. The summed E-state index contributed by atoms with van der Waals surface area (Å²) in [5.41, 5.74) is 1.37. The van der Waals surface area contributed by atoms with Crippen molar-refractivity contribution in [3.05, 3.63) is 71.0 Å². The van der Waals surface area contributed by atoms with Crippen LogP contribution in [0, 0.1) is 5.82 Å². The smallest absolute Gasteiger partial charge is 0.262 e. The van der Waals surface area contributed by atoms with Gasteiger partial charge in [0.2, 0.25) is 5.91 Å². The van der Waals surface area contributed by atoms with Crippen molar-refractivity contribution in [2.45, 2.75) is 6.04 Å². The van der Waals surface area contributed by atoms with E-state index < -0.39 is 11.8 Å². The molecule has 0 bridgehead atoms. The molecule has 27 heavy (non-hydrogen) atoms.